The molecule has 0 saturated carbocycles. The molecule has 0 unspecified atom stereocenters. The van der Waals surface area contributed by atoms with E-state index in [1.807, 2.05) is 0 Å². The van der Waals surface area contributed by atoms with E-state index in [9.17, 15) is 14.4 Å². The molecule has 2 fully saturated rings. The molecular formula is C15H17ClN4O3. The van der Waals surface area contributed by atoms with Crippen LogP contribution >= 0.6 is 11.6 Å². The lowest BCUT2D eigenvalue weighted by Gasteiger charge is -2.32. The van der Waals surface area contributed by atoms with Gasteiger partial charge in [-0.2, -0.15) is 0 Å². The number of hydrogen-bond acceptors (Lipinski definition) is 4. The van der Waals surface area contributed by atoms with Crippen molar-refractivity contribution < 1.29 is 14.4 Å². The van der Waals surface area contributed by atoms with E-state index in [0.29, 0.717) is 24.9 Å². The molecule has 122 valence electrons. The predicted octanol–water partition coefficient (Wildman–Crippen LogP) is 0.845. The normalized spacial score (nSPS) is 23.9. The third kappa shape index (κ3) is 3.01. The molecule has 2 aliphatic rings. The Bertz CT molecular complexity index is 624. The Balaban J connectivity index is 1.65. The molecule has 23 heavy (non-hydrogen) atoms. The van der Waals surface area contributed by atoms with Gasteiger partial charge in [0.25, 0.3) is 11.8 Å². The van der Waals surface area contributed by atoms with Gasteiger partial charge in [-0.1, -0.05) is 0 Å². The summed E-state index contributed by atoms with van der Waals surface area (Å²) in [6.45, 7) is 0.676. The number of carbonyl (C=O) groups is 3. The van der Waals surface area contributed by atoms with Crippen LogP contribution in [0, 0.1) is 0 Å². The molecule has 8 heteroatoms. The van der Waals surface area contributed by atoms with E-state index in [2.05, 4.69) is 10.3 Å². The van der Waals surface area contributed by atoms with E-state index in [1.54, 1.807) is 29.4 Å². The molecule has 2 saturated heterocycles. The van der Waals surface area contributed by atoms with E-state index in [4.69, 9.17) is 11.6 Å². The Morgan fingerprint density at radius 3 is 2.78 bits per heavy atom. The molecule has 1 aromatic rings. The molecule has 0 aliphatic carbocycles. The molecule has 4 amide bonds. The van der Waals surface area contributed by atoms with E-state index < -0.39 is 6.04 Å². The number of pyridine rings is 1. The summed E-state index contributed by atoms with van der Waals surface area (Å²) in [7, 11) is 0. The Morgan fingerprint density at radius 1 is 1.35 bits per heavy atom. The number of aromatic nitrogens is 1. The van der Waals surface area contributed by atoms with Crippen molar-refractivity contribution in [2.45, 2.75) is 24.9 Å². The minimum Gasteiger partial charge on any atom is -0.349 e. The summed E-state index contributed by atoms with van der Waals surface area (Å²) in [6, 6.07) is 2.36. The van der Waals surface area contributed by atoms with E-state index in [1.165, 1.54) is 4.90 Å². The smallest absolute Gasteiger partial charge is 0.327 e. The molecule has 0 aromatic carbocycles. The van der Waals surface area contributed by atoms with Gasteiger partial charge >= 0.3 is 6.03 Å². The molecule has 1 N–H and O–H groups in total. The lowest BCUT2D eigenvalue weighted by Crippen LogP contribution is -2.49. The Hall–Kier alpha value is -2.15. The van der Waals surface area contributed by atoms with Crippen molar-refractivity contribution in [2.24, 2.45) is 0 Å². The molecule has 0 spiro atoms. The SMILES string of the molecule is O=C(N[C@H]1CCN2C(=O)N(CCCl)C(=O)[C@@H]2C1)c1ccncc1. The maximum atomic E-state index is 12.3. The summed E-state index contributed by atoms with van der Waals surface area (Å²) < 4.78 is 0. The number of urea groups is 1. The van der Waals surface area contributed by atoms with Crippen LogP contribution in [0.1, 0.15) is 23.2 Å². The summed E-state index contributed by atoms with van der Waals surface area (Å²) in [4.78, 5) is 43.3. The van der Waals surface area contributed by atoms with Gasteiger partial charge in [0.15, 0.2) is 0 Å². The van der Waals surface area contributed by atoms with Gasteiger partial charge in [0.1, 0.15) is 6.04 Å². The van der Waals surface area contributed by atoms with Gasteiger partial charge in [0, 0.05) is 43.0 Å². The molecule has 2 atom stereocenters. The molecule has 3 heterocycles. The number of carbonyl (C=O) groups excluding carboxylic acids is 3. The number of fused-ring (bicyclic) bond motifs is 1. The molecule has 3 rings (SSSR count). The number of halogens is 1. The monoisotopic (exact) mass is 336 g/mol. The zero-order valence-corrected chi connectivity index (χ0v) is 13.2. The van der Waals surface area contributed by atoms with Crippen molar-refractivity contribution >= 4 is 29.4 Å². The lowest BCUT2D eigenvalue weighted by molar-refractivity contribution is -0.128. The van der Waals surface area contributed by atoms with Crippen molar-refractivity contribution in [3.8, 4) is 0 Å². The van der Waals surface area contributed by atoms with Gasteiger partial charge in [-0.05, 0) is 25.0 Å². The maximum absolute atomic E-state index is 12.3. The molecule has 0 bridgehead atoms. The van der Waals surface area contributed by atoms with E-state index in [-0.39, 0.29) is 36.3 Å². The second-order valence-corrected chi connectivity index (χ2v) is 5.98. The third-order valence-corrected chi connectivity index (χ3v) is 4.39. The third-order valence-electron chi connectivity index (χ3n) is 4.22. The number of nitrogens with one attached hydrogen (secondary N) is 1. The summed E-state index contributed by atoms with van der Waals surface area (Å²) in [6.07, 6.45) is 4.17. The summed E-state index contributed by atoms with van der Waals surface area (Å²) in [5.74, 6) is -0.195. The van der Waals surface area contributed by atoms with Crippen molar-refractivity contribution in [1.82, 2.24) is 20.1 Å². The molecule has 2 aliphatic heterocycles. The van der Waals surface area contributed by atoms with Gasteiger partial charge in [-0.25, -0.2) is 4.79 Å². The number of piperidine rings is 1. The first-order valence-corrected chi connectivity index (χ1v) is 8.04. The predicted molar refractivity (Wildman–Crippen MR) is 83.0 cm³/mol. The zero-order chi connectivity index (χ0) is 16.4. The summed E-state index contributed by atoms with van der Waals surface area (Å²) >= 11 is 5.65. The Kier molecular flexibility index (Phi) is 4.47. The topological polar surface area (TPSA) is 82.6 Å². The maximum Gasteiger partial charge on any atom is 0.327 e. The Morgan fingerprint density at radius 2 is 2.09 bits per heavy atom. The van der Waals surface area contributed by atoms with Crippen molar-refractivity contribution in [2.75, 3.05) is 19.0 Å². The van der Waals surface area contributed by atoms with Crippen LogP contribution in [0.2, 0.25) is 0 Å². The van der Waals surface area contributed by atoms with Crippen molar-refractivity contribution in [1.29, 1.82) is 0 Å². The lowest BCUT2D eigenvalue weighted by atomic mass is 9.97. The van der Waals surface area contributed by atoms with Crippen LogP contribution in [0.15, 0.2) is 24.5 Å². The van der Waals surface area contributed by atoms with Crippen LogP contribution in [-0.2, 0) is 4.79 Å². The van der Waals surface area contributed by atoms with E-state index >= 15 is 0 Å². The van der Waals surface area contributed by atoms with Crippen molar-refractivity contribution in [3.05, 3.63) is 30.1 Å². The van der Waals surface area contributed by atoms with Gasteiger partial charge in [-0.15, -0.1) is 11.6 Å². The number of amides is 4. The van der Waals surface area contributed by atoms with Crippen LogP contribution in [0.25, 0.3) is 0 Å². The van der Waals surface area contributed by atoms with Crippen LogP contribution in [0.5, 0.6) is 0 Å². The van der Waals surface area contributed by atoms with Crippen LogP contribution in [0.4, 0.5) is 4.79 Å². The van der Waals surface area contributed by atoms with Crippen molar-refractivity contribution in [3.63, 3.8) is 0 Å². The fourth-order valence-electron chi connectivity index (χ4n) is 3.05. The first kappa shape index (κ1) is 15.7. The highest BCUT2D eigenvalue weighted by Crippen LogP contribution is 2.27. The van der Waals surface area contributed by atoms with Gasteiger partial charge in [0.2, 0.25) is 0 Å². The van der Waals surface area contributed by atoms with Gasteiger partial charge in [0.05, 0.1) is 0 Å². The number of hydrogen-bond donors (Lipinski definition) is 1. The number of alkyl halides is 1. The molecular weight excluding hydrogens is 320 g/mol. The summed E-state index contributed by atoms with van der Waals surface area (Å²) in [5.41, 5.74) is 0.528. The molecule has 7 nitrogen and oxygen atoms in total. The molecule has 1 aromatic heterocycles. The van der Waals surface area contributed by atoms with Crippen LogP contribution < -0.4 is 5.32 Å². The number of imide groups is 1. The van der Waals surface area contributed by atoms with Crippen LogP contribution in [0.3, 0.4) is 0 Å². The fourth-order valence-corrected chi connectivity index (χ4v) is 3.22. The fraction of sp³-hybridized carbons (Fsp3) is 0.467. The van der Waals surface area contributed by atoms with Gasteiger partial charge < -0.3 is 10.2 Å². The Labute approximate surface area is 138 Å². The first-order valence-electron chi connectivity index (χ1n) is 7.50. The first-order chi connectivity index (χ1) is 11.1. The summed E-state index contributed by atoms with van der Waals surface area (Å²) in [5, 5.41) is 2.93. The van der Waals surface area contributed by atoms with Gasteiger partial charge in [-0.3, -0.25) is 19.5 Å². The minimum absolute atomic E-state index is 0.135. The highest BCUT2D eigenvalue weighted by Gasteiger charge is 2.47. The average molecular weight is 337 g/mol. The minimum atomic E-state index is -0.498. The van der Waals surface area contributed by atoms with E-state index in [0.717, 1.165) is 0 Å². The molecule has 0 radical (unpaired) electrons. The quantitative estimate of drug-likeness (QED) is 0.652. The van der Waals surface area contributed by atoms with Crippen LogP contribution in [-0.4, -0.2) is 63.7 Å². The highest BCUT2D eigenvalue weighted by atomic mass is 35.5. The number of nitrogens with zero attached hydrogens (tertiary/aromatic N) is 3. The second-order valence-electron chi connectivity index (χ2n) is 5.60. The second kappa shape index (κ2) is 6.54. The average Bonchev–Trinajstić information content (AvgIpc) is 2.81. The largest absolute Gasteiger partial charge is 0.349 e. The standard InChI is InChI=1S/C15H17ClN4O3/c16-4-8-20-14(22)12-9-11(3-7-19(12)15(20)23)18-13(21)10-1-5-17-6-2-10/h1-2,5-6,11-12H,3-4,7-9H2,(H,18,21)/t11-,12-/m0/s1. The zero-order valence-electron chi connectivity index (χ0n) is 12.4. The number of rotatable bonds is 4. The highest BCUT2D eigenvalue weighted by molar-refractivity contribution is 6.18.